The van der Waals surface area contributed by atoms with E-state index < -0.39 is 0 Å². The number of piperidine rings is 1. The van der Waals surface area contributed by atoms with Gasteiger partial charge in [0.25, 0.3) is 0 Å². The molecule has 37 heavy (non-hydrogen) atoms. The second-order valence-electron chi connectivity index (χ2n) is 9.42. The summed E-state index contributed by atoms with van der Waals surface area (Å²) in [6.45, 7) is 4.48. The van der Waals surface area contributed by atoms with Crippen LogP contribution in [0.2, 0.25) is 5.02 Å². The zero-order valence-corrected chi connectivity index (χ0v) is 23.5. The fraction of sp³-hybridized carbons (Fsp3) is 0.440. The van der Waals surface area contributed by atoms with Crippen LogP contribution in [0.5, 0.6) is 0 Å². The molecule has 0 radical (unpaired) electrons. The van der Waals surface area contributed by atoms with Crippen molar-refractivity contribution in [3.8, 4) is 5.69 Å². The van der Waals surface area contributed by atoms with Crippen LogP contribution < -0.4 is 10.2 Å². The van der Waals surface area contributed by atoms with Crippen molar-refractivity contribution >= 4 is 60.5 Å². The van der Waals surface area contributed by atoms with Gasteiger partial charge in [-0.15, -0.1) is 47.4 Å². The first kappa shape index (κ1) is 29.5. The van der Waals surface area contributed by atoms with Gasteiger partial charge in [-0.25, -0.2) is 4.98 Å². The van der Waals surface area contributed by atoms with Gasteiger partial charge in [-0.2, -0.15) is 0 Å². The van der Waals surface area contributed by atoms with E-state index in [0.29, 0.717) is 24.0 Å². The van der Waals surface area contributed by atoms with Crippen LogP contribution in [0, 0.1) is 5.92 Å². The van der Waals surface area contributed by atoms with E-state index in [2.05, 4.69) is 36.0 Å². The summed E-state index contributed by atoms with van der Waals surface area (Å²) in [5.41, 5.74) is 2.07. The number of hydrogen-bond acceptors (Lipinski definition) is 6. The van der Waals surface area contributed by atoms with E-state index in [9.17, 15) is 4.79 Å². The Morgan fingerprint density at radius 3 is 2.51 bits per heavy atom. The predicted octanol–water partition coefficient (Wildman–Crippen LogP) is 4.42. The Labute approximate surface area is 240 Å². The first-order valence-electron chi connectivity index (χ1n) is 12.1. The van der Waals surface area contributed by atoms with Gasteiger partial charge in [0.15, 0.2) is 5.82 Å². The van der Waals surface area contributed by atoms with Gasteiger partial charge in [-0.3, -0.25) is 9.36 Å². The smallest absolute Gasteiger partial charge is 0.227 e. The molecule has 12 heteroatoms. The standard InChI is InChI=1S/C25H28ClN7O.3ClH/c26-20-4-5-21-19(13-20)15-32(25(34)18-6-10-27-14-18)16-23-29-30-24(33(21)23)17-7-11-31(12-8-17)22-3-1-2-9-28-22;;;/h1-5,9,13,17-18,27H,6-8,10-12,14-16H2;3*1H. The number of rotatable bonds is 3. The number of aromatic nitrogens is 4. The summed E-state index contributed by atoms with van der Waals surface area (Å²) in [7, 11) is 0. The second-order valence-corrected chi connectivity index (χ2v) is 9.85. The predicted molar refractivity (Wildman–Crippen MR) is 152 cm³/mol. The molecule has 3 aliphatic rings. The zero-order valence-electron chi connectivity index (χ0n) is 20.3. The van der Waals surface area contributed by atoms with Crippen molar-refractivity contribution < 1.29 is 4.79 Å². The number of hydrogen-bond donors (Lipinski definition) is 1. The maximum atomic E-state index is 13.3. The van der Waals surface area contributed by atoms with E-state index in [1.165, 1.54) is 0 Å². The van der Waals surface area contributed by atoms with Crippen LogP contribution in [0.1, 0.15) is 42.4 Å². The molecule has 3 aliphatic heterocycles. The summed E-state index contributed by atoms with van der Waals surface area (Å²) in [4.78, 5) is 22.1. The van der Waals surface area contributed by atoms with Crippen LogP contribution in [0.25, 0.3) is 5.69 Å². The third-order valence-corrected chi connectivity index (χ3v) is 7.52. The number of anilines is 1. The van der Waals surface area contributed by atoms with Gasteiger partial charge in [0, 0.05) is 43.3 Å². The zero-order chi connectivity index (χ0) is 23.1. The number of fused-ring (bicyclic) bond motifs is 3. The summed E-state index contributed by atoms with van der Waals surface area (Å²) < 4.78 is 2.19. The molecule has 5 heterocycles. The van der Waals surface area contributed by atoms with E-state index >= 15 is 0 Å². The molecule has 0 spiro atoms. The molecule has 0 aliphatic carbocycles. The Bertz CT molecular complexity index is 1200. The van der Waals surface area contributed by atoms with Crippen molar-refractivity contribution in [2.45, 2.75) is 38.3 Å². The Kier molecular flexibility index (Phi) is 10.1. The van der Waals surface area contributed by atoms with Crippen LogP contribution in [-0.2, 0) is 17.9 Å². The molecule has 2 saturated heterocycles. The van der Waals surface area contributed by atoms with Crippen molar-refractivity contribution in [3.63, 3.8) is 0 Å². The van der Waals surface area contributed by atoms with Crippen molar-refractivity contribution in [2.24, 2.45) is 5.92 Å². The summed E-state index contributed by atoms with van der Waals surface area (Å²) in [5.74, 6) is 3.33. The molecule has 0 bridgehead atoms. The fourth-order valence-corrected chi connectivity index (χ4v) is 5.67. The molecule has 1 aromatic carbocycles. The number of nitrogens with one attached hydrogen (secondary N) is 1. The lowest BCUT2D eigenvalue weighted by atomic mass is 9.95. The van der Waals surface area contributed by atoms with E-state index in [0.717, 1.165) is 74.2 Å². The average molecular weight is 587 g/mol. The quantitative estimate of drug-likeness (QED) is 0.489. The summed E-state index contributed by atoms with van der Waals surface area (Å²) in [6.07, 6.45) is 4.68. The lowest BCUT2D eigenvalue weighted by Crippen LogP contribution is -2.36. The number of halogens is 4. The topological polar surface area (TPSA) is 79.2 Å². The number of pyridine rings is 1. The molecule has 1 unspecified atom stereocenters. The van der Waals surface area contributed by atoms with Crippen LogP contribution in [0.15, 0.2) is 42.6 Å². The summed E-state index contributed by atoms with van der Waals surface area (Å²) in [6, 6.07) is 12.0. The van der Waals surface area contributed by atoms with Gasteiger partial charge in [0.05, 0.1) is 18.2 Å². The highest BCUT2D eigenvalue weighted by Gasteiger charge is 2.34. The van der Waals surface area contributed by atoms with Gasteiger partial charge >= 0.3 is 0 Å². The first-order valence-corrected chi connectivity index (χ1v) is 12.4. The van der Waals surface area contributed by atoms with E-state index in [-0.39, 0.29) is 49.0 Å². The van der Waals surface area contributed by atoms with E-state index in [4.69, 9.17) is 11.6 Å². The van der Waals surface area contributed by atoms with Crippen LogP contribution in [-0.4, -0.2) is 56.7 Å². The number of carbonyl (C=O) groups excluding carboxylic acids is 1. The number of amides is 1. The minimum atomic E-state index is 0. The van der Waals surface area contributed by atoms with Crippen LogP contribution in [0.3, 0.4) is 0 Å². The maximum absolute atomic E-state index is 13.3. The summed E-state index contributed by atoms with van der Waals surface area (Å²) >= 11 is 6.38. The molecule has 0 saturated carbocycles. The minimum absolute atomic E-state index is 0. The van der Waals surface area contributed by atoms with Crippen molar-refractivity contribution in [2.75, 3.05) is 31.1 Å². The molecular formula is C25H31Cl4N7O. The van der Waals surface area contributed by atoms with Gasteiger partial charge < -0.3 is 15.1 Å². The van der Waals surface area contributed by atoms with Gasteiger partial charge in [0.2, 0.25) is 5.91 Å². The third-order valence-electron chi connectivity index (χ3n) is 7.29. The molecule has 2 fully saturated rings. The molecule has 1 N–H and O–H groups in total. The van der Waals surface area contributed by atoms with Gasteiger partial charge in [-0.05, 0) is 61.7 Å². The van der Waals surface area contributed by atoms with Crippen molar-refractivity contribution in [1.82, 2.24) is 30.0 Å². The number of nitrogens with zero attached hydrogens (tertiary/aromatic N) is 6. The Morgan fingerprint density at radius 2 is 1.81 bits per heavy atom. The highest BCUT2D eigenvalue weighted by atomic mass is 35.5. The SMILES string of the molecule is Cl.Cl.Cl.O=C(C1CCNC1)N1Cc2cc(Cl)ccc2-n2c(nnc2C2CCN(c3ccccn3)CC2)C1. The highest BCUT2D eigenvalue weighted by Crippen LogP contribution is 2.34. The number of benzene rings is 1. The molecule has 200 valence electrons. The molecule has 1 amide bonds. The van der Waals surface area contributed by atoms with E-state index in [1.54, 1.807) is 0 Å². The molecule has 2 aromatic heterocycles. The number of carbonyl (C=O) groups is 1. The molecule has 8 nitrogen and oxygen atoms in total. The fourth-order valence-electron chi connectivity index (χ4n) is 5.48. The molecule has 6 rings (SSSR count). The van der Waals surface area contributed by atoms with Crippen molar-refractivity contribution in [1.29, 1.82) is 0 Å². The van der Waals surface area contributed by atoms with Gasteiger partial charge in [-0.1, -0.05) is 17.7 Å². The molecular weight excluding hydrogens is 556 g/mol. The monoisotopic (exact) mass is 585 g/mol. The molecule has 1 atom stereocenters. The van der Waals surface area contributed by atoms with Crippen molar-refractivity contribution in [3.05, 3.63) is 64.8 Å². The Balaban J connectivity index is 0.00000127. The largest absolute Gasteiger partial charge is 0.357 e. The first-order chi connectivity index (χ1) is 16.7. The minimum Gasteiger partial charge on any atom is -0.357 e. The Hall–Kier alpha value is -2.10. The lowest BCUT2D eigenvalue weighted by molar-refractivity contribution is -0.136. The van der Waals surface area contributed by atoms with E-state index in [1.807, 2.05) is 41.4 Å². The normalized spacial score (nSPS) is 19.0. The molecule has 3 aromatic rings. The van der Waals surface area contributed by atoms with Crippen LogP contribution in [0.4, 0.5) is 5.82 Å². The average Bonchev–Trinajstić information content (AvgIpc) is 3.52. The second kappa shape index (κ2) is 12.6. The Morgan fingerprint density at radius 1 is 1.00 bits per heavy atom. The third kappa shape index (κ3) is 5.83. The highest BCUT2D eigenvalue weighted by molar-refractivity contribution is 6.30. The summed E-state index contributed by atoms with van der Waals surface area (Å²) in [5, 5.41) is 13.2. The van der Waals surface area contributed by atoms with Crippen LogP contribution >= 0.6 is 48.8 Å². The van der Waals surface area contributed by atoms with Gasteiger partial charge in [0.1, 0.15) is 11.6 Å². The maximum Gasteiger partial charge on any atom is 0.227 e. The lowest BCUT2D eigenvalue weighted by Gasteiger charge is -2.32.